The summed E-state index contributed by atoms with van der Waals surface area (Å²) in [5, 5.41) is 14.0. The molecule has 3 aromatic heterocycles. The molecule has 1 aromatic carbocycles. The standard InChI is InChI=1S/C23H21N5O2S/c1-23(2,3)17-8-10-18(11-9-17)31(29,30)27-22-12-7-16(15-24)21-14-20(26-28(21)22)19-6-4-5-13-25-19/h4-14,27H,1-3H3. The second-order valence-corrected chi connectivity index (χ2v) is 9.85. The minimum atomic E-state index is -3.85. The molecule has 156 valence electrons. The quantitative estimate of drug-likeness (QED) is 0.517. The van der Waals surface area contributed by atoms with E-state index in [2.05, 4.69) is 41.6 Å². The third-order valence-corrected chi connectivity index (χ3v) is 6.31. The first-order chi connectivity index (χ1) is 14.7. The molecule has 8 heteroatoms. The maximum Gasteiger partial charge on any atom is 0.263 e. The third kappa shape index (κ3) is 4.00. The number of anilines is 1. The Hall–Kier alpha value is -3.70. The molecule has 0 saturated heterocycles. The number of rotatable bonds is 4. The lowest BCUT2D eigenvalue weighted by Crippen LogP contribution is -2.17. The molecule has 0 spiro atoms. The van der Waals surface area contributed by atoms with Crippen molar-refractivity contribution in [3.8, 4) is 17.5 Å². The fourth-order valence-corrected chi connectivity index (χ4v) is 4.26. The van der Waals surface area contributed by atoms with Crippen molar-refractivity contribution >= 4 is 21.4 Å². The van der Waals surface area contributed by atoms with Crippen LogP contribution in [0.5, 0.6) is 0 Å². The topological polar surface area (TPSA) is 100 Å². The van der Waals surface area contributed by atoms with Gasteiger partial charge in [-0.1, -0.05) is 39.0 Å². The number of hydrogen-bond donors (Lipinski definition) is 1. The van der Waals surface area contributed by atoms with Gasteiger partial charge in [0.15, 0.2) is 0 Å². The highest BCUT2D eigenvalue weighted by atomic mass is 32.2. The van der Waals surface area contributed by atoms with E-state index in [1.54, 1.807) is 42.6 Å². The molecule has 3 heterocycles. The Morgan fingerprint density at radius 2 is 1.74 bits per heavy atom. The van der Waals surface area contributed by atoms with E-state index < -0.39 is 10.0 Å². The first kappa shape index (κ1) is 20.6. The van der Waals surface area contributed by atoms with Gasteiger partial charge in [-0.05, 0) is 53.4 Å². The average Bonchev–Trinajstić information content (AvgIpc) is 3.20. The molecule has 0 atom stereocenters. The van der Waals surface area contributed by atoms with Crippen molar-refractivity contribution in [3.05, 3.63) is 78.0 Å². The Morgan fingerprint density at radius 1 is 1.00 bits per heavy atom. The SMILES string of the molecule is CC(C)(C)c1ccc(S(=O)(=O)Nc2ccc(C#N)c3cc(-c4ccccn4)nn23)cc1. The Labute approximate surface area is 181 Å². The van der Waals surface area contributed by atoms with Crippen molar-refractivity contribution in [2.75, 3.05) is 4.72 Å². The van der Waals surface area contributed by atoms with Gasteiger partial charge in [-0.15, -0.1) is 0 Å². The van der Waals surface area contributed by atoms with Crippen LogP contribution < -0.4 is 4.72 Å². The van der Waals surface area contributed by atoms with Gasteiger partial charge in [-0.2, -0.15) is 10.4 Å². The summed E-state index contributed by atoms with van der Waals surface area (Å²) >= 11 is 0. The van der Waals surface area contributed by atoms with Crippen LogP contribution in [0.2, 0.25) is 0 Å². The minimum Gasteiger partial charge on any atom is -0.263 e. The lowest BCUT2D eigenvalue weighted by molar-refractivity contribution is 0.587. The van der Waals surface area contributed by atoms with Crippen molar-refractivity contribution in [1.82, 2.24) is 14.6 Å². The molecule has 0 radical (unpaired) electrons. The summed E-state index contributed by atoms with van der Waals surface area (Å²) < 4.78 is 30.0. The second kappa shape index (κ2) is 7.52. The first-order valence-electron chi connectivity index (χ1n) is 9.67. The number of hydrogen-bond acceptors (Lipinski definition) is 5. The van der Waals surface area contributed by atoms with E-state index in [-0.39, 0.29) is 16.1 Å². The van der Waals surface area contributed by atoms with Gasteiger partial charge < -0.3 is 0 Å². The van der Waals surface area contributed by atoms with Crippen molar-refractivity contribution in [2.45, 2.75) is 31.1 Å². The van der Waals surface area contributed by atoms with Crippen LogP contribution in [0, 0.1) is 11.3 Å². The number of nitrogens with one attached hydrogen (secondary N) is 1. The molecule has 31 heavy (non-hydrogen) atoms. The van der Waals surface area contributed by atoms with Gasteiger partial charge in [-0.3, -0.25) is 9.71 Å². The third-order valence-electron chi connectivity index (χ3n) is 4.94. The van der Waals surface area contributed by atoms with E-state index in [1.165, 1.54) is 10.6 Å². The molecule has 4 rings (SSSR count). The molecule has 0 aliphatic heterocycles. The Kier molecular flexibility index (Phi) is 4.99. The number of nitriles is 1. The van der Waals surface area contributed by atoms with Crippen molar-refractivity contribution in [1.29, 1.82) is 5.26 Å². The van der Waals surface area contributed by atoms with E-state index in [1.807, 2.05) is 18.2 Å². The summed E-state index contributed by atoms with van der Waals surface area (Å²) in [6.45, 7) is 6.21. The van der Waals surface area contributed by atoms with Crippen molar-refractivity contribution in [2.24, 2.45) is 0 Å². The molecule has 1 N–H and O–H groups in total. The fourth-order valence-electron chi connectivity index (χ4n) is 3.22. The molecule has 0 fully saturated rings. The lowest BCUT2D eigenvalue weighted by atomic mass is 9.87. The number of benzene rings is 1. The van der Waals surface area contributed by atoms with Gasteiger partial charge in [-0.25, -0.2) is 12.9 Å². The molecule has 0 amide bonds. The van der Waals surface area contributed by atoms with Crippen LogP contribution in [0.1, 0.15) is 31.9 Å². The Morgan fingerprint density at radius 3 is 2.35 bits per heavy atom. The van der Waals surface area contributed by atoms with Crippen LogP contribution in [0.4, 0.5) is 5.82 Å². The van der Waals surface area contributed by atoms with Crippen LogP contribution in [0.25, 0.3) is 16.9 Å². The van der Waals surface area contributed by atoms with E-state index in [0.29, 0.717) is 22.5 Å². The lowest BCUT2D eigenvalue weighted by Gasteiger charge is -2.19. The van der Waals surface area contributed by atoms with E-state index in [9.17, 15) is 13.7 Å². The normalized spacial score (nSPS) is 11.9. The maximum absolute atomic E-state index is 13.0. The Bertz CT molecular complexity index is 1390. The van der Waals surface area contributed by atoms with Gasteiger partial charge >= 0.3 is 0 Å². The first-order valence-corrected chi connectivity index (χ1v) is 11.1. The summed E-state index contributed by atoms with van der Waals surface area (Å²) in [6, 6.07) is 19.2. The van der Waals surface area contributed by atoms with Crippen molar-refractivity contribution < 1.29 is 8.42 Å². The Balaban J connectivity index is 1.76. The number of nitrogens with zero attached hydrogens (tertiary/aromatic N) is 4. The number of aromatic nitrogens is 3. The highest BCUT2D eigenvalue weighted by Crippen LogP contribution is 2.26. The second-order valence-electron chi connectivity index (χ2n) is 8.17. The molecule has 0 unspecified atom stereocenters. The summed E-state index contributed by atoms with van der Waals surface area (Å²) in [4.78, 5) is 4.43. The summed E-state index contributed by atoms with van der Waals surface area (Å²) in [5.41, 5.74) is 3.00. The number of fused-ring (bicyclic) bond motifs is 1. The van der Waals surface area contributed by atoms with E-state index in [4.69, 9.17) is 0 Å². The van der Waals surface area contributed by atoms with Crippen LogP contribution >= 0.6 is 0 Å². The average molecular weight is 432 g/mol. The van der Waals surface area contributed by atoms with Crippen LogP contribution in [-0.2, 0) is 15.4 Å². The highest BCUT2D eigenvalue weighted by molar-refractivity contribution is 7.92. The van der Waals surface area contributed by atoms with Gasteiger partial charge in [0.05, 0.1) is 21.7 Å². The maximum atomic E-state index is 13.0. The molecule has 0 aliphatic rings. The van der Waals surface area contributed by atoms with E-state index in [0.717, 1.165) is 5.56 Å². The minimum absolute atomic E-state index is 0.0774. The number of sulfonamides is 1. The van der Waals surface area contributed by atoms with Crippen LogP contribution in [-0.4, -0.2) is 23.0 Å². The zero-order valence-electron chi connectivity index (χ0n) is 17.4. The van der Waals surface area contributed by atoms with Crippen LogP contribution in [0.15, 0.2) is 71.8 Å². The zero-order chi connectivity index (χ0) is 22.2. The predicted octanol–water partition coefficient (Wildman–Crippen LogP) is 4.37. The zero-order valence-corrected chi connectivity index (χ0v) is 18.2. The summed E-state index contributed by atoms with van der Waals surface area (Å²) in [7, 11) is -3.85. The number of pyridine rings is 2. The molecule has 0 aliphatic carbocycles. The fraction of sp³-hybridized carbons (Fsp3) is 0.174. The van der Waals surface area contributed by atoms with Gasteiger partial charge in [0.25, 0.3) is 10.0 Å². The van der Waals surface area contributed by atoms with E-state index >= 15 is 0 Å². The van der Waals surface area contributed by atoms with Crippen LogP contribution in [0.3, 0.4) is 0 Å². The molecule has 7 nitrogen and oxygen atoms in total. The molecule has 0 bridgehead atoms. The monoisotopic (exact) mass is 431 g/mol. The van der Waals surface area contributed by atoms with Gasteiger partial charge in [0.1, 0.15) is 17.6 Å². The highest BCUT2D eigenvalue weighted by Gasteiger charge is 2.20. The largest absolute Gasteiger partial charge is 0.263 e. The van der Waals surface area contributed by atoms with Gasteiger partial charge in [0.2, 0.25) is 0 Å². The molecule has 0 saturated carbocycles. The predicted molar refractivity (Wildman–Crippen MR) is 119 cm³/mol. The molecular weight excluding hydrogens is 410 g/mol. The molecular formula is C23H21N5O2S. The summed E-state index contributed by atoms with van der Waals surface area (Å²) in [6.07, 6.45) is 1.65. The smallest absolute Gasteiger partial charge is 0.263 e. The summed E-state index contributed by atoms with van der Waals surface area (Å²) in [5.74, 6) is 0.232. The molecule has 4 aromatic rings. The van der Waals surface area contributed by atoms with Gasteiger partial charge in [0, 0.05) is 6.20 Å². The van der Waals surface area contributed by atoms with Crippen molar-refractivity contribution in [3.63, 3.8) is 0 Å².